The summed E-state index contributed by atoms with van der Waals surface area (Å²) in [5.74, 6) is 2.08. The van der Waals surface area contributed by atoms with Gasteiger partial charge in [-0.1, -0.05) is 19.0 Å². The molecule has 0 atom stereocenters. The summed E-state index contributed by atoms with van der Waals surface area (Å²) in [6, 6.07) is 5.15. The van der Waals surface area contributed by atoms with Crippen LogP contribution in [0.3, 0.4) is 0 Å². The number of piperidine rings is 1. The molecule has 1 amide bonds. The van der Waals surface area contributed by atoms with Crippen molar-refractivity contribution >= 4 is 5.91 Å². The third-order valence-corrected chi connectivity index (χ3v) is 4.39. The van der Waals surface area contributed by atoms with Gasteiger partial charge in [0.1, 0.15) is 0 Å². The summed E-state index contributed by atoms with van der Waals surface area (Å²) < 4.78 is 10.4. The van der Waals surface area contributed by atoms with Gasteiger partial charge in [-0.05, 0) is 49.9 Å². The lowest BCUT2D eigenvalue weighted by Gasteiger charge is -2.32. The van der Waals surface area contributed by atoms with Gasteiger partial charge in [-0.2, -0.15) is 0 Å². The number of aromatic nitrogens is 1. The van der Waals surface area contributed by atoms with Crippen molar-refractivity contribution in [1.82, 2.24) is 15.4 Å². The molecule has 24 heavy (non-hydrogen) atoms. The van der Waals surface area contributed by atoms with Crippen molar-refractivity contribution in [2.45, 2.75) is 26.7 Å². The zero-order valence-electron chi connectivity index (χ0n) is 14.3. The second kappa shape index (κ2) is 7.66. The Balaban J connectivity index is 1.45. The summed E-state index contributed by atoms with van der Waals surface area (Å²) in [5.41, 5.74) is 0.290. The quantitative estimate of drug-likeness (QED) is 0.881. The molecule has 6 nitrogen and oxygen atoms in total. The van der Waals surface area contributed by atoms with Crippen LogP contribution < -0.4 is 5.32 Å². The fourth-order valence-corrected chi connectivity index (χ4v) is 3.13. The molecular formula is C18H25N3O3. The summed E-state index contributed by atoms with van der Waals surface area (Å²) >= 11 is 0. The van der Waals surface area contributed by atoms with Crippen LogP contribution in [0.2, 0.25) is 0 Å². The van der Waals surface area contributed by atoms with Crippen molar-refractivity contribution in [1.29, 1.82) is 0 Å². The molecule has 6 heteroatoms. The SMILES string of the molecule is CC(C)CN1CCC(CNC(=O)c2cc(-c3ccco3)on2)CC1. The monoisotopic (exact) mass is 331 g/mol. The minimum absolute atomic E-state index is 0.193. The summed E-state index contributed by atoms with van der Waals surface area (Å²) in [7, 11) is 0. The first-order valence-electron chi connectivity index (χ1n) is 8.63. The highest BCUT2D eigenvalue weighted by Gasteiger charge is 2.21. The summed E-state index contributed by atoms with van der Waals surface area (Å²) in [6.07, 6.45) is 3.82. The largest absolute Gasteiger partial charge is 0.461 e. The van der Waals surface area contributed by atoms with Gasteiger partial charge in [-0.25, -0.2) is 0 Å². The van der Waals surface area contributed by atoms with Gasteiger partial charge in [0.05, 0.1) is 6.26 Å². The Morgan fingerprint density at radius 3 is 2.83 bits per heavy atom. The van der Waals surface area contributed by atoms with E-state index in [1.807, 2.05) is 0 Å². The fraction of sp³-hybridized carbons (Fsp3) is 0.556. The number of furan rings is 1. The molecule has 2 aromatic rings. The molecule has 3 rings (SSSR count). The van der Waals surface area contributed by atoms with Gasteiger partial charge in [0.15, 0.2) is 11.5 Å². The highest BCUT2D eigenvalue weighted by Crippen LogP contribution is 2.21. The average Bonchev–Trinajstić information content (AvgIpc) is 3.24. The molecule has 0 saturated carbocycles. The number of hydrogen-bond acceptors (Lipinski definition) is 5. The molecule has 1 fully saturated rings. The van der Waals surface area contributed by atoms with Crippen LogP contribution in [0.1, 0.15) is 37.2 Å². The number of nitrogens with zero attached hydrogens (tertiary/aromatic N) is 2. The van der Waals surface area contributed by atoms with Crippen LogP contribution in [-0.4, -0.2) is 42.1 Å². The summed E-state index contributed by atoms with van der Waals surface area (Å²) in [4.78, 5) is 14.7. The maximum atomic E-state index is 12.2. The van der Waals surface area contributed by atoms with E-state index in [4.69, 9.17) is 8.94 Å². The van der Waals surface area contributed by atoms with Crippen LogP contribution in [0.4, 0.5) is 0 Å². The number of hydrogen-bond donors (Lipinski definition) is 1. The first kappa shape index (κ1) is 16.8. The minimum atomic E-state index is -0.193. The highest BCUT2D eigenvalue weighted by molar-refractivity contribution is 5.92. The van der Waals surface area contributed by atoms with E-state index >= 15 is 0 Å². The Labute approximate surface area is 142 Å². The molecular weight excluding hydrogens is 306 g/mol. The van der Waals surface area contributed by atoms with Crippen LogP contribution in [0, 0.1) is 11.8 Å². The second-order valence-corrected chi connectivity index (χ2v) is 6.90. The fourth-order valence-electron chi connectivity index (χ4n) is 3.13. The number of likely N-dealkylation sites (tertiary alicyclic amines) is 1. The molecule has 1 saturated heterocycles. The van der Waals surface area contributed by atoms with Gasteiger partial charge < -0.3 is 19.2 Å². The van der Waals surface area contributed by atoms with Crippen LogP contribution in [-0.2, 0) is 0 Å². The van der Waals surface area contributed by atoms with E-state index in [2.05, 4.69) is 29.2 Å². The van der Waals surface area contributed by atoms with E-state index in [1.54, 1.807) is 24.5 Å². The van der Waals surface area contributed by atoms with Crippen LogP contribution >= 0.6 is 0 Å². The Morgan fingerprint density at radius 2 is 2.17 bits per heavy atom. The maximum Gasteiger partial charge on any atom is 0.273 e. The molecule has 0 bridgehead atoms. The molecule has 0 spiro atoms. The van der Waals surface area contributed by atoms with Gasteiger partial charge in [-0.15, -0.1) is 0 Å². The van der Waals surface area contributed by atoms with Crippen molar-refractivity contribution in [2.24, 2.45) is 11.8 Å². The lowest BCUT2D eigenvalue weighted by atomic mass is 9.96. The third kappa shape index (κ3) is 4.26. The van der Waals surface area contributed by atoms with Gasteiger partial charge >= 0.3 is 0 Å². The number of carbonyl (C=O) groups excluding carboxylic acids is 1. The average molecular weight is 331 g/mol. The smallest absolute Gasteiger partial charge is 0.273 e. The first-order chi connectivity index (χ1) is 11.6. The summed E-state index contributed by atoms with van der Waals surface area (Å²) in [5, 5.41) is 6.80. The number of nitrogens with one attached hydrogen (secondary N) is 1. The first-order valence-corrected chi connectivity index (χ1v) is 8.63. The molecule has 130 valence electrons. The Hall–Kier alpha value is -2.08. The predicted molar refractivity (Wildman–Crippen MR) is 90.5 cm³/mol. The molecule has 0 unspecified atom stereocenters. The van der Waals surface area contributed by atoms with Crippen molar-refractivity contribution in [3.05, 3.63) is 30.2 Å². The van der Waals surface area contributed by atoms with Gasteiger partial charge in [0.25, 0.3) is 5.91 Å². The molecule has 0 aliphatic carbocycles. The molecule has 1 aliphatic heterocycles. The molecule has 0 aromatic carbocycles. The Bertz CT molecular complexity index is 640. The zero-order valence-corrected chi connectivity index (χ0v) is 14.3. The second-order valence-electron chi connectivity index (χ2n) is 6.90. The lowest BCUT2D eigenvalue weighted by Crippen LogP contribution is -2.40. The molecule has 1 aliphatic rings. The van der Waals surface area contributed by atoms with E-state index in [0.29, 0.717) is 35.6 Å². The van der Waals surface area contributed by atoms with E-state index in [0.717, 1.165) is 32.5 Å². The molecule has 2 aromatic heterocycles. The minimum Gasteiger partial charge on any atom is -0.461 e. The van der Waals surface area contributed by atoms with E-state index < -0.39 is 0 Å². The van der Waals surface area contributed by atoms with Gasteiger partial charge in [0, 0.05) is 19.2 Å². The standard InChI is InChI=1S/C18H25N3O3/c1-13(2)12-21-7-5-14(6-8-21)11-19-18(22)15-10-17(24-20-15)16-4-3-9-23-16/h3-4,9-10,13-14H,5-8,11-12H2,1-2H3,(H,19,22). The topological polar surface area (TPSA) is 71.5 Å². The van der Waals surface area contributed by atoms with E-state index in [1.165, 1.54) is 0 Å². The molecule has 0 radical (unpaired) electrons. The highest BCUT2D eigenvalue weighted by atomic mass is 16.5. The van der Waals surface area contributed by atoms with Crippen LogP contribution in [0.5, 0.6) is 0 Å². The van der Waals surface area contributed by atoms with Crippen LogP contribution in [0.15, 0.2) is 33.4 Å². The van der Waals surface area contributed by atoms with E-state index in [-0.39, 0.29) is 5.91 Å². The normalized spacial score (nSPS) is 16.6. The maximum absolute atomic E-state index is 12.2. The van der Waals surface area contributed by atoms with Crippen molar-refractivity contribution in [3.8, 4) is 11.5 Å². The van der Waals surface area contributed by atoms with Crippen LogP contribution in [0.25, 0.3) is 11.5 Å². The lowest BCUT2D eigenvalue weighted by molar-refractivity contribution is 0.0925. The number of rotatable bonds is 6. The van der Waals surface area contributed by atoms with Crippen molar-refractivity contribution in [2.75, 3.05) is 26.2 Å². The summed E-state index contributed by atoms with van der Waals surface area (Å²) in [6.45, 7) is 8.59. The number of amides is 1. The molecule has 1 N–H and O–H groups in total. The third-order valence-electron chi connectivity index (χ3n) is 4.39. The predicted octanol–water partition coefficient (Wildman–Crippen LogP) is 3.03. The number of carbonyl (C=O) groups is 1. The molecule has 3 heterocycles. The van der Waals surface area contributed by atoms with E-state index in [9.17, 15) is 4.79 Å². The Kier molecular flexibility index (Phi) is 5.35. The Morgan fingerprint density at radius 1 is 1.38 bits per heavy atom. The van der Waals surface area contributed by atoms with Crippen molar-refractivity contribution < 1.29 is 13.7 Å². The van der Waals surface area contributed by atoms with Gasteiger partial charge in [-0.3, -0.25) is 4.79 Å². The zero-order chi connectivity index (χ0) is 16.9. The van der Waals surface area contributed by atoms with Gasteiger partial charge in [0.2, 0.25) is 5.76 Å². The van der Waals surface area contributed by atoms with Crippen molar-refractivity contribution in [3.63, 3.8) is 0 Å².